The topological polar surface area (TPSA) is 81.1 Å². The van der Waals surface area contributed by atoms with Gasteiger partial charge >= 0.3 is 6.18 Å². The molecule has 0 spiro atoms. The minimum Gasteiger partial charge on any atom is -0.497 e. The third kappa shape index (κ3) is 4.92. The minimum absolute atomic E-state index is 0.0719. The van der Waals surface area contributed by atoms with Gasteiger partial charge < -0.3 is 15.5 Å². The van der Waals surface area contributed by atoms with Crippen molar-refractivity contribution < 1.29 is 22.7 Å². The SMILES string of the molecule is CCCc1nnc2n1N[C@@H](c1ccc(OC)cc1)[C@H](C(=O)Nc1cccc(C(F)(F)F)c1)S2. The summed E-state index contributed by atoms with van der Waals surface area (Å²) in [5, 5.41) is 10.8. The van der Waals surface area contributed by atoms with Crippen LogP contribution >= 0.6 is 11.8 Å². The highest BCUT2D eigenvalue weighted by Gasteiger charge is 2.38. The van der Waals surface area contributed by atoms with Crippen LogP contribution in [-0.2, 0) is 17.4 Å². The number of amides is 1. The monoisotopic (exact) mass is 477 g/mol. The number of alkyl halides is 3. The van der Waals surface area contributed by atoms with Gasteiger partial charge in [-0.05, 0) is 42.3 Å². The number of fused-ring (bicyclic) bond motifs is 1. The number of aryl methyl sites for hydroxylation is 1. The summed E-state index contributed by atoms with van der Waals surface area (Å²) in [5.74, 6) is 0.970. The van der Waals surface area contributed by atoms with Crippen LogP contribution in [-0.4, -0.2) is 33.1 Å². The van der Waals surface area contributed by atoms with E-state index in [1.165, 1.54) is 23.9 Å². The molecule has 2 atom stereocenters. The Hall–Kier alpha value is -3.21. The number of methoxy groups -OCH3 is 1. The standard InChI is InChI=1S/C22H22F3N5O2S/c1-3-5-17-27-28-21-30(17)29-18(13-8-10-16(32-2)11-9-13)19(33-21)20(31)26-15-7-4-6-14(12-15)22(23,24)25/h4,6-12,18-19,29H,3,5H2,1-2H3,(H,26,31)/t18-,19+/m0/s1. The number of benzene rings is 2. The molecule has 1 aliphatic heterocycles. The highest BCUT2D eigenvalue weighted by Crippen LogP contribution is 2.38. The molecule has 33 heavy (non-hydrogen) atoms. The largest absolute Gasteiger partial charge is 0.497 e. The maximum absolute atomic E-state index is 13.2. The van der Waals surface area contributed by atoms with E-state index in [0.29, 0.717) is 17.3 Å². The maximum atomic E-state index is 13.2. The van der Waals surface area contributed by atoms with Gasteiger partial charge in [0.1, 0.15) is 11.0 Å². The number of carbonyl (C=O) groups is 1. The van der Waals surface area contributed by atoms with Crippen molar-refractivity contribution in [3.8, 4) is 5.75 Å². The lowest BCUT2D eigenvalue weighted by atomic mass is 10.0. The number of nitrogens with zero attached hydrogens (tertiary/aromatic N) is 3. The lowest BCUT2D eigenvalue weighted by Crippen LogP contribution is -2.41. The van der Waals surface area contributed by atoms with Gasteiger partial charge in [0.25, 0.3) is 0 Å². The first-order chi connectivity index (χ1) is 15.8. The van der Waals surface area contributed by atoms with E-state index < -0.39 is 28.9 Å². The molecule has 0 radical (unpaired) electrons. The van der Waals surface area contributed by atoms with Crippen LogP contribution in [0, 0.1) is 0 Å². The maximum Gasteiger partial charge on any atom is 0.416 e. The Bertz CT molecular complexity index is 1130. The third-order valence-corrected chi connectivity index (χ3v) is 6.38. The summed E-state index contributed by atoms with van der Waals surface area (Å²) in [4.78, 5) is 13.2. The molecule has 7 nitrogen and oxygen atoms in total. The molecule has 2 N–H and O–H groups in total. The number of nitrogens with one attached hydrogen (secondary N) is 2. The molecular formula is C22H22F3N5O2S. The highest BCUT2D eigenvalue weighted by atomic mass is 32.2. The van der Waals surface area contributed by atoms with Crippen LogP contribution in [0.5, 0.6) is 5.75 Å². The summed E-state index contributed by atoms with van der Waals surface area (Å²) >= 11 is 1.22. The molecule has 1 amide bonds. The molecule has 2 heterocycles. The van der Waals surface area contributed by atoms with Crippen molar-refractivity contribution in [1.29, 1.82) is 0 Å². The molecule has 3 aromatic rings. The van der Waals surface area contributed by atoms with E-state index >= 15 is 0 Å². The highest BCUT2D eigenvalue weighted by molar-refractivity contribution is 8.00. The van der Waals surface area contributed by atoms with Crippen LogP contribution in [0.25, 0.3) is 0 Å². The van der Waals surface area contributed by atoms with E-state index in [-0.39, 0.29) is 5.69 Å². The molecule has 0 bridgehead atoms. The first-order valence-corrected chi connectivity index (χ1v) is 11.2. The number of halogens is 3. The Balaban J connectivity index is 1.65. The Morgan fingerprint density at radius 1 is 1.21 bits per heavy atom. The van der Waals surface area contributed by atoms with Crippen LogP contribution < -0.4 is 15.5 Å². The molecule has 11 heteroatoms. The number of hydrogen-bond donors (Lipinski definition) is 2. The van der Waals surface area contributed by atoms with Crippen LogP contribution in [0.2, 0.25) is 0 Å². The normalized spacial score (nSPS) is 17.7. The van der Waals surface area contributed by atoms with E-state index in [2.05, 4.69) is 20.9 Å². The summed E-state index contributed by atoms with van der Waals surface area (Å²) < 4.78 is 46.2. The van der Waals surface area contributed by atoms with Gasteiger partial charge in [-0.2, -0.15) is 13.2 Å². The van der Waals surface area contributed by atoms with Gasteiger partial charge in [-0.1, -0.05) is 36.9 Å². The van der Waals surface area contributed by atoms with Crippen molar-refractivity contribution in [3.05, 3.63) is 65.5 Å². The average molecular weight is 478 g/mol. The fraction of sp³-hybridized carbons (Fsp3) is 0.318. The van der Waals surface area contributed by atoms with Crippen LogP contribution in [0.1, 0.15) is 36.3 Å². The number of hydrogen-bond acceptors (Lipinski definition) is 6. The van der Waals surface area contributed by atoms with E-state index in [0.717, 1.165) is 29.9 Å². The van der Waals surface area contributed by atoms with Gasteiger partial charge in [0.2, 0.25) is 11.1 Å². The number of ether oxygens (including phenoxy) is 1. The molecule has 0 unspecified atom stereocenters. The number of carbonyl (C=O) groups excluding carboxylic acids is 1. The zero-order valence-corrected chi connectivity index (χ0v) is 18.7. The summed E-state index contributed by atoms with van der Waals surface area (Å²) in [6.07, 6.45) is -2.92. The second-order valence-corrected chi connectivity index (χ2v) is 8.58. The predicted molar refractivity (Wildman–Crippen MR) is 119 cm³/mol. The molecule has 4 rings (SSSR count). The average Bonchev–Trinajstić information content (AvgIpc) is 3.20. The van der Waals surface area contributed by atoms with Gasteiger partial charge in [-0.3, -0.25) is 4.79 Å². The van der Waals surface area contributed by atoms with Crippen LogP contribution in [0.15, 0.2) is 53.7 Å². The van der Waals surface area contributed by atoms with E-state index in [4.69, 9.17) is 4.74 Å². The van der Waals surface area contributed by atoms with Crippen molar-refractivity contribution in [2.75, 3.05) is 17.9 Å². The van der Waals surface area contributed by atoms with Gasteiger partial charge in [-0.15, -0.1) is 10.2 Å². The van der Waals surface area contributed by atoms with Gasteiger partial charge in [0, 0.05) is 12.1 Å². The molecule has 1 aromatic heterocycles. The fourth-order valence-corrected chi connectivity index (χ4v) is 4.63. The number of anilines is 1. The van der Waals surface area contributed by atoms with Crippen LogP contribution in [0.3, 0.4) is 0 Å². The lowest BCUT2D eigenvalue weighted by Gasteiger charge is -2.33. The quantitative estimate of drug-likeness (QED) is 0.538. The molecule has 0 saturated carbocycles. The Kier molecular flexibility index (Phi) is 6.50. The first kappa shape index (κ1) is 23.0. The second-order valence-electron chi connectivity index (χ2n) is 7.47. The number of rotatable bonds is 6. The first-order valence-electron chi connectivity index (χ1n) is 10.3. The lowest BCUT2D eigenvalue weighted by molar-refractivity contribution is -0.137. The van der Waals surface area contributed by atoms with Crippen molar-refractivity contribution in [1.82, 2.24) is 14.9 Å². The molecule has 0 saturated heterocycles. The summed E-state index contributed by atoms with van der Waals surface area (Å²) in [5.41, 5.74) is 3.38. The number of thioether (sulfide) groups is 1. The van der Waals surface area contributed by atoms with E-state index in [1.54, 1.807) is 23.9 Å². The van der Waals surface area contributed by atoms with Gasteiger partial charge in [-0.25, -0.2) is 4.68 Å². The van der Waals surface area contributed by atoms with E-state index in [9.17, 15) is 18.0 Å². The van der Waals surface area contributed by atoms with Crippen molar-refractivity contribution >= 4 is 23.4 Å². The second kappa shape index (κ2) is 9.34. The molecule has 0 fully saturated rings. The zero-order chi connectivity index (χ0) is 23.6. The van der Waals surface area contributed by atoms with Crippen molar-refractivity contribution in [2.24, 2.45) is 0 Å². The number of aromatic nitrogens is 3. The fourth-order valence-electron chi connectivity index (χ4n) is 3.53. The zero-order valence-electron chi connectivity index (χ0n) is 17.9. The smallest absolute Gasteiger partial charge is 0.416 e. The third-order valence-electron chi connectivity index (χ3n) is 5.17. The summed E-state index contributed by atoms with van der Waals surface area (Å²) in [7, 11) is 1.56. The molecular weight excluding hydrogens is 455 g/mol. The van der Waals surface area contributed by atoms with Crippen molar-refractivity contribution in [2.45, 2.75) is 42.4 Å². The van der Waals surface area contributed by atoms with Gasteiger partial charge in [0.15, 0.2) is 5.82 Å². The van der Waals surface area contributed by atoms with Gasteiger partial charge in [0.05, 0.1) is 18.7 Å². The Morgan fingerprint density at radius 2 is 1.97 bits per heavy atom. The molecule has 174 valence electrons. The molecule has 0 aliphatic carbocycles. The predicted octanol–water partition coefficient (Wildman–Crippen LogP) is 4.66. The molecule has 1 aliphatic rings. The molecule has 2 aromatic carbocycles. The Morgan fingerprint density at radius 3 is 2.64 bits per heavy atom. The Labute approximate surface area is 192 Å². The van der Waals surface area contributed by atoms with Crippen LogP contribution in [0.4, 0.5) is 18.9 Å². The van der Waals surface area contributed by atoms with E-state index in [1.807, 2.05) is 19.1 Å². The van der Waals surface area contributed by atoms with Crippen molar-refractivity contribution in [3.63, 3.8) is 0 Å². The summed E-state index contributed by atoms with van der Waals surface area (Å²) in [6, 6.07) is 11.4. The minimum atomic E-state index is -4.50. The summed E-state index contributed by atoms with van der Waals surface area (Å²) in [6.45, 7) is 2.03.